The standard InChI is InChI=1S/C26H21N5O3S/c1-16-22(30-25(34-16)18-5-3-2-4-6-18)15-35-26-21(14-28)23(20(13-27)24(29)31-26)17-7-9-19(10-8-17)33-12-11-32/h2-10,32H,11-12,15H2,1H3,(H2,29,31). The van der Waals surface area contributed by atoms with Gasteiger partial charge in [0.2, 0.25) is 5.89 Å². The van der Waals surface area contributed by atoms with Gasteiger partial charge in [-0.15, -0.1) is 0 Å². The minimum Gasteiger partial charge on any atom is -0.491 e. The first kappa shape index (κ1) is 23.8. The summed E-state index contributed by atoms with van der Waals surface area (Å²) in [5, 5.41) is 29.1. The Morgan fingerprint density at radius 1 is 1.00 bits per heavy atom. The average molecular weight is 484 g/mol. The van der Waals surface area contributed by atoms with E-state index in [1.54, 1.807) is 24.3 Å². The number of hydrogen-bond acceptors (Lipinski definition) is 9. The summed E-state index contributed by atoms with van der Waals surface area (Å²) in [6, 6.07) is 20.8. The number of aliphatic hydroxyl groups is 1. The minimum absolute atomic E-state index is 0.0476. The van der Waals surface area contributed by atoms with E-state index in [4.69, 9.17) is 20.0 Å². The van der Waals surface area contributed by atoms with Gasteiger partial charge in [0.1, 0.15) is 46.7 Å². The highest BCUT2D eigenvalue weighted by Crippen LogP contribution is 2.37. The lowest BCUT2D eigenvalue weighted by atomic mass is 9.97. The Morgan fingerprint density at radius 3 is 2.37 bits per heavy atom. The van der Waals surface area contributed by atoms with Crippen molar-refractivity contribution in [1.82, 2.24) is 9.97 Å². The van der Waals surface area contributed by atoms with Gasteiger partial charge in [-0.3, -0.25) is 0 Å². The number of ether oxygens (including phenoxy) is 1. The molecule has 0 fully saturated rings. The zero-order valence-electron chi connectivity index (χ0n) is 18.9. The number of aromatic nitrogens is 2. The maximum Gasteiger partial charge on any atom is 0.226 e. The van der Waals surface area contributed by atoms with Gasteiger partial charge in [-0.1, -0.05) is 42.1 Å². The van der Waals surface area contributed by atoms with Crippen LogP contribution in [0.5, 0.6) is 5.75 Å². The number of nitriles is 2. The topological polar surface area (TPSA) is 142 Å². The Labute approximate surface area is 206 Å². The Morgan fingerprint density at radius 2 is 1.71 bits per heavy atom. The highest BCUT2D eigenvalue weighted by molar-refractivity contribution is 7.98. The van der Waals surface area contributed by atoms with Gasteiger partial charge in [-0.2, -0.15) is 10.5 Å². The molecule has 35 heavy (non-hydrogen) atoms. The molecule has 0 spiro atoms. The lowest BCUT2D eigenvalue weighted by Gasteiger charge is -2.13. The number of hydrogen-bond donors (Lipinski definition) is 2. The Bertz CT molecular complexity index is 1420. The lowest BCUT2D eigenvalue weighted by molar-refractivity contribution is 0.201. The SMILES string of the molecule is Cc1oc(-c2ccccc2)nc1CSc1nc(N)c(C#N)c(-c2ccc(OCCO)cc2)c1C#N. The molecule has 4 aromatic rings. The lowest BCUT2D eigenvalue weighted by Crippen LogP contribution is -2.04. The van der Waals surface area contributed by atoms with Crippen LogP contribution in [0.1, 0.15) is 22.6 Å². The number of aliphatic hydroxyl groups excluding tert-OH is 1. The summed E-state index contributed by atoms with van der Waals surface area (Å²) in [5.41, 5.74) is 9.18. The molecule has 0 aliphatic rings. The van der Waals surface area contributed by atoms with Crippen LogP contribution < -0.4 is 10.5 Å². The number of pyridine rings is 1. The van der Waals surface area contributed by atoms with Crippen LogP contribution >= 0.6 is 11.8 Å². The molecule has 2 heterocycles. The van der Waals surface area contributed by atoms with Crippen LogP contribution in [0.25, 0.3) is 22.6 Å². The van der Waals surface area contributed by atoms with Crippen LogP contribution in [0, 0.1) is 29.6 Å². The molecule has 0 aliphatic carbocycles. The summed E-state index contributed by atoms with van der Waals surface area (Å²) >= 11 is 1.31. The molecule has 0 radical (unpaired) electrons. The second-order valence-corrected chi connectivity index (χ2v) is 8.39. The highest BCUT2D eigenvalue weighted by atomic mass is 32.2. The summed E-state index contributed by atoms with van der Waals surface area (Å²) < 4.78 is 11.2. The van der Waals surface area contributed by atoms with E-state index < -0.39 is 0 Å². The number of nitrogens with two attached hydrogens (primary N) is 1. The molecule has 2 aromatic carbocycles. The number of oxazole rings is 1. The third-order valence-corrected chi connectivity index (χ3v) is 6.16. The summed E-state index contributed by atoms with van der Waals surface area (Å²) in [6.45, 7) is 1.91. The molecular formula is C26H21N5O3S. The van der Waals surface area contributed by atoms with Crippen molar-refractivity contribution in [2.45, 2.75) is 17.7 Å². The van der Waals surface area contributed by atoms with Crippen LogP contribution in [0.3, 0.4) is 0 Å². The normalized spacial score (nSPS) is 10.5. The van der Waals surface area contributed by atoms with Gasteiger partial charge >= 0.3 is 0 Å². The molecule has 0 atom stereocenters. The highest BCUT2D eigenvalue weighted by Gasteiger charge is 2.21. The molecule has 2 aromatic heterocycles. The first-order valence-corrected chi connectivity index (χ1v) is 11.7. The molecule has 8 nitrogen and oxygen atoms in total. The summed E-state index contributed by atoms with van der Waals surface area (Å²) in [5.74, 6) is 2.22. The summed E-state index contributed by atoms with van der Waals surface area (Å²) in [7, 11) is 0. The molecule has 0 amide bonds. The van der Waals surface area contributed by atoms with Crippen molar-refractivity contribution < 1.29 is 14.3 Å². The fraction of sp³-hybridized carbons (Fsp3) is 0.154. The molecule has 0 unspecified atom stereocenters. The summed E-state index contributed by atoms with van der Waals surface area (Å²) in [4.78, 5) is 8.96. The predicted molar refractivity (Wildman–Crippen MR) is 132 cm³/mol. The maximum absolute atomic E-state index is 10.0. The van der Waals surface area contributed by atoms with Crippen molar-refractivity contribution in [3.63, 3.8) is 0 Å². The van der Waals surface area contributed by atoms with Gasteiger partial charge in [0, 0.05) is 16.9 Å². The van der Waals surface area contributed by atoms with Crippen LogP contribution in [-0.2, 0) is 5.75 Å². The smallest absolute Gasteiger partial charge is 0.226 e. The Kier molecular flexibility index (Phi) is 7.32. The maximum atomic E-state index is 10.0. The molecule has 4 rings (SSSR count). The summed E-state index contributed by atoms with van der Waals surface area (Å²) in [6.07, 6.45) is 0. The van der Waals surface area contributed by atoms with E-state index >= 15 is 0 Å². The number of nitrogens with zero attached hydrogens (tertiary/aromatic N) is 4. The van der Waals surface area contributed by atoms with Crippen molar-refractivity contribution >= 4 is 17.6 Å². The molecular weight excluding hydrogens is 462 g/mol. The number of rotatable bonds is 8. The van der Waals surface area contributed by atoms with E-state index in [0.717, 1.165) is 11.3 Å². The quantitative estimate of drug-likeness (QED) is 0.341. The van der Waals surface area contributed by atoms with Crippen LogP contribution in [0.15, 0.2) is 64.0 Å². The van der Waals surface area contributed by atoms with Gasteiger partial charge in [0.05, 0.1) is 17.9 Å². The third-order valence-electron chi connectivity index (χ3n) is 5.18. The number of thioether (sulfide) groups is 1. The fourth-order valence-corrected chi connectivity index (χ4v) is 4.47. The third kappa shape index (κ3) is 5.12. The zero-order chi connectivity index (χ0) is 24.8. The Hall–Kier alpha value is -4.31. The second kappa shape index (κ2) is 10.7. The van der Waals surface area contributed by atoms with Crippen molar-refractivity contribution in [3.8, 4) is 40.5 Å². The first-order valence-electron chi connectivity index (χ1n) is 10.7. The van der Waals surface area contributed by atoms with Crippen molar-refractivity contribution in [2.24, 2.45) is 0 Å². The molecule has 3 N–H and O–H groups in total. The number of aryl methyl sites for hydroxylation is 1. The molecule has 9 heteroatoms. The van der Waals surface area contributed by atoms with E-state index in [2.05, 4.69) is 22.1 Å². The average Bonchev–Trinajstić information content (AvgIpc) is 3.27. The van der Waals surface area contributed by atoms with E-state index in [1.807, 2.05) is 37.3 Å². The van der Waals surface area contributed by atoms with Gasteiger partial charge in [-0.05, 0) is 36.8 Å². The Balaban J connectivity index is 1.67. The second-order valence-electron chi connectivity index (χ2n) is 7.42. The van der Waals surface area contributed by atoms with E-state index in [-0.39, 0.29) is 30.2 Å². The van der Waals surface area contributed by atoms with Crippen molar-refractivity contribution in [1.29, 1.82) is 10.5 Å². The zero-order valence-corrected chi connectivity index (χ0v) is 19.7. The largest absolute Gasteiger partial charge is 0.491 e. The minimum atomic E-state index is -0.0990. The van der Waals surface area contributed by atoms with E-state index in [1.165, 1.54) is 11.8 Å². The fourth-order valence-electron chi connectivity index (χ4n) is 3.48. The molecule has 174 valence electrons. The monoisotopic (exact) mass is 483 g/mol. The van der Waals surface area contributed by atoms with Crippen LogP contribution in [-0.4, -0.2) is 28.3 Å². The van der Waals surface area contributed by atoms with E-state index in [9.17, 15) is 10.5 Å². The van der Waals surface area contributed by atoms with Crippen molar-refractivity contribution in [3.05, 3.63) is 77.2 Å². The predicted octanol–water partition coefficient (Wildman–Crippen LogP) is 4.70. The molecule has 0 aliphatic heterocycles. The first-order chi connectivity index (χ1) is 17.0. The van der Waals surface area contributed by atoms with Crippen LogP contribution in [0.2, 0.25) is 0 Å². The van der Waals surface area contributed by atoms with Crippen molar-refractivity contribution in [2.75, 3.05) is 18.9 Å². The van der Waals surface area contributed by atoms with E-state index in [0.29, 0.717) is 39.3 Å². The van der Waals surface area contributed by atoms with Gasteiger partial charge in [-0.25, -0.2) is 9.97 Å². The molecule has 0 bridgehead atoms. The number of benzene rings is 2. The molecule has 0 saturated carbocycles. The number of anilines is 1. The van der Waals surface area contributed by atoms with Gasteiger partial charge in [0.25, 0.3) is 0 Å². The van der Waals surface area contributed by atoms with Gasteiger partial charge < -0.3 is 20.0 Å². The van der Waals surface area contributed by atoms with Gasteiger partial charge in [0.15, 0.2) is 0 Å². The molecule has 0 saturated heterocycles. The van der Waals surface area contributed by atoms with Crippen LogP contribution in [0.4, 0.5) is 5.82 Å². The number of nitrogen functional groups attached to an aromatic ring is 1.